The zero-order chi connectivity index (χ0) is 17.1. The number of benzene rings is 1. The first-order chi connectivity index (χ1) is 12.3. The fourth-order valence-corrected chi connectivity index (χ4v) is 3.12. The summed E-state index contributed by atoms with van der Waals surface area (Å²) in [5.74, 6) is 0.509. The van der Waals surface area contributed by atoms with Gasteiger partial charge in [0, 0.05) is 35.9 Å². The zero-order valence-corrected chi connectivity index (χ0v) is 13.6. The lowest BCUT2D eigenvalue weighted by molar-refractivity contribution is -0.117. The first-order valence-corrected chi connectivity index (χ1v) is 8.21. The average molecular weight is 334 g/mol. The fourth-order valence-electron chi connectivity index (χ4n) is 3.12. The van der Waals surface area contributed by atoms with Gasteiger partial charge in [-0.25, -0.2) is 0 Å². The molecule has 0 fully saturated rings. The monoisotopic (exact) mass is 334 g/mol. The van der Waals surface area contributed by atoms with Crippen LogP contribution < -0.4 is 5.32 Å². The molecule has 3 aromatic rings. The van der Waals surface area contributed by atoms with E-state index in [1.165, 1.54) is 0 Å². The van der Waals surface area contributed by atoms with Gasteiger partial charge in [-0.2, -0.15) is 5.10 Å². The number of anilines is 1. The topological polar surface area (TPSA) is 79.9 Å². The van der Waals surface area contributed by atoms with Gasteiger partial charge in [-0.05, 0) is 17.7 Å². The second-order valence-electron chi connectivity index (χ2n) is 6.05. The lowest BCUT2D eigenvalue weighted by Crippen LogP contribution is -2.25. The summed E-state index contributed by atoms with van der Waals surface area (Å²) in [6.45, 7) is 0.983. The predicted octanol–water partition coefficient (Wildman–Crippen LogP) is 3.11. The molecular formula is C19H18N4O2. The molecule has 1 unspecified atom stereocenters. The summed E-state index contributed by atoms with van der Waals surface area (Å²) in [6.07, 6.45) is 3.90. The number of carbonyl (C=O) groups is 1. The third-order valence-corrected chi connectivity index (χ3v) is 4.28. The number of fused-ring (bicyclic) bond motifs is 1. The molecule has 0 bridgehead atoms. The molecule has 2 aromatic heterocycles. The number of hydrogen-bond donors (Lipinski definition) is 2. The van der Waals surface area contributed by atoms with Crippen LogP contribution in [0.1, 0.15) is 23.5 Å². The summed E-state index contributed by atoms with van der Waals surface area (Å²) in [4.78, 5) is 16.1. The van der Waals surface area contributed by atoms with E-state index in [9.17, 15) is 4.79 Å². The van der Waals surface area contributed by atoms with Gasteiger partial charge in [-0.1, -0.05) is 30.3 Å². The van der Waals surface area contributed by atoms with Crippen molar-refractivity contribution in [3.8, 4) is 11.3 Å². The molecule has 126 valence electrons. The highest BCUT2D eigenvalue weighted by molar-refractivity contribution is 5.95. The lowest BCUT2D eigenvalue weighted by Gasteiger charge is -2.23. The number of H-pyrrole nitrogens is 1. The van der Waals surface area contributed by atoms with E-state index in [0.717, 1.165) is 22.4 Å². The Labute approximate surface area is 145 Å². The number of nitrogens with one attached hydrogen (secondary N) is 2. The van der Waals surface area contributed by atoms with Crippen molar-refractivity contribution in [2.45, 2.75) is 18.9 Å². The van der Waals surface area contributed by atoms with Crippen LogP contribution in [0.4, 0.5) is 5.82 Å². The molecule has 1 aromatic carbocycles. The molecule has 0 saturated carbocycles. The third-order valence-electron chi connectivity index (χ3n) is 4.28. The van der Waals surface area contributed by atoms with Crippen LogP contribution in [0, 0.1) is 0 Å². The van der Waals surface area contributed by atoms with E-state index in [1.807, 2.05) is 42.5 Å². The average Bonchev–Trinajstić information content (AvgIpc) is 3.07. The number of hydrogen-bond acceptors (Lipinski definition) is 4. The molecule has 4 rings (SSSR count). The number of ether oxygens (including phenoxy) is 1. The minimum absolute atomic E-state index is 0.0370. The zero-order valence-electron chi connectivity index (χ0n) is 13.6. The fraction of sp³-hybridized carbons (Fsp3) is 0.211. The Morgan fingerprint density at radius 2 is 2.04 bits per heavy atom. The highest BCUT2D eigenvalue weighted by Crippen LogP contribution is 2.38. The highest BCUT2D eigenvalue weighted by atomic mass is 16.5. The second kappa shape index (κ2) is 6.86. The van der Waals surface area contributed by atoms with E-state index < -0.39 is 0 Å². The van der Waals surface area contributed by atoms with Crippen molar-refractivity contribution in [1.29, 1.82) is 0 Å². The summed E-state index contributed by atoms with van der Waals surface area (Å²) >= 11 is 0. The second-order valence-corrected chi connectivity index (χ2v) is 6.05. The molecule has 6 nitrogen and oxygen atoms in total. The van der Waals surface area contributed by atoms with E-state index in [0.29, 0.717) is 25.5 Å². The maximum atomic E-state index is 12.0. The van der Waals surface area contributed by atoms with Gasteiger partial charge >= 0.3 is 0 Å². The largest absolute Gasteiger partial charge is 0.376 e. The van der Waals surface area contributed by atoms with Crippen LogP contribution in [0.25, 0.3) is 11.3 Å². The molecule has 0 aliphatic carbocycles. The Morgan fingerprint density at radius 3 is 2.84 bits per heavy atom. The van der Waals surface area contributed by atoms with E-state index >= 15 is 0 Å². The predicted molar refractivity (Wildman–Crippen MR) is 93.9 cm³/mol. The summed E-state index contributed by atoms with van der Waals surface area (Å²) in [6, 6.07) is 13.9. The molecule has 1 aliphatic heterocycles. The van der Waals surface area contributed by atoms with Crippen LogP contribution in [0.5, 0.6) is 0 Å². The molecule has 0 saturated heterocycles. The van der Waals surface area contributed by atoms with Crippen LogP contribution in [0.2, 0.25) is 0 Å². The molecular weight excluding hydrogens is 316 g/mol. The van der Waals surface area contributed by atoms with Crippen LogP contribution in [0.15, 0.2) is 54.9 Å². The molecule has 6 heteroatoms. The Morgan fingerprint density at radius 1 is 1.16 bits per heavy atom. The van der Waals surface area contributed by atoms with Gasteiger partial charge in [0.05, 0.1) is 18.9 Å². The normalized spacial score (nSPS) is 16.3. The van der Waals surface area contributed by atoms with Gasteiger partial charge < -0.3 is 10.1 Å². The van der Waals surface area contributed by atoms with Crippen LogP contribution >= 0.6 is 0 Å². The quantitative estimate of drug-likeness (QED) is 0.751. The van der Waals surface area contributed by atoms with Gasteiger partial charge in [-0.15, -0.1) is 0 Å². The number of carbonyl (C=O) groups excluding carboxylic acids is 1. The van der Waals surface area contributed by atoms with Crippen LogP contribution in [0.3, 0.4) is 0 Å². The Bertz CT molecular complexity index is 862. The molecule has 1 amide bonds. The van der Waals surface area contributed by atoms with Crippen LogP contribution in [-0.2, 0) is 16.1 Å². The number of pyridine rings is 1. The number of aromatic nitrogens is 3. The number of aromatic amines is 1. The van der Waals surface area contributed by atoms with Gasteiger partial charge in [-0.3, -0.25) is 14.9 Å². The summed E-state index contributed by atoms with van der Waals surface area (Å²) < 4.78 is 5.89. The van der Waals surface area contributed by atoms with Crippen molar-refractivity contribution < 1.29 is 9.53 Å². The molecule has 0 radical (unpaired) electrons. The van der Waals surface area contributed by atoms with Gasteiger partial charge in [0.25, 0.3) is 0 Å². The maximum Gasteiger partial charge on any atom is 0.226 e. The molecule has 2 N–H and O–H groups in total. The van der Waals surface area contributed by atoms with Crippen molar-refractivity contribution in [3.63, 3.8) is 0 Å². The Hall–Kier alpha value is -2.99. The maximum absolute atomic E-state index is 12.0. The molecule has 0 spiro atoms. The highest BCUT2D eigenvalue weighted by Gasteiger charge is 2.31. The van der Waals surface area contributed by atoms with Crippen molar-refractivity contribution in [2.24, 2.45) is 0 Å². The van der Waals surface area contributed by atoms with Gasteiger partial charge in [0.15, 0.2) is 5.82 Å². The van der Waals surface area contributed by atoms with Crippen molar-refractivity contribution in [3.05, 3.63) is 66.0 Å². The first-order valence-electron chi connectivity index (χ1n) is 8.21. The Balaban J connectivity index is 1.56. The van der Waals surface area contributed by atoms with E-state index in [2.05, 4.69) is 20.5 Å². The minimum Gasteiger partial charge on any atom is -0.376 e. The van der Waals surface area contributed by atoms with E-state index in [4.69, 9.17) is 4.74 Å². The molecule has 1 aliphatic rings. The van der Waals surface area contributed by atoms with Gasteiger partial charge in [0.1, 0.15) is 0 Å². The van der Waals surface area contributed by atoms with Gasteiger partial charge in [0.2, 0.25) is 5.91 Å². The van der Waals surface area contributed by atoms with E-state index in [1.54, 1.807) is 12.4 Å². The van der Waals surface area contributed by atoms with Crippen molar-refractivity contribution in [2.75, 3.05) is 11.9 Å². The van der Waals surface area contributed by atoms with Crippen molar-refractivity contribution in [1.82, 2.24) is 15.2 Å². The number of nitrogens with zero attached hydrogens (tertiary/aromatic N) is 2. The summed E-state index contributed by atoms with van der Waals surface area (Å²) in [5, 5.41) is 10.1. The lowest BCUT2D eigenvalue weighted by atomic mass is 9.91. The molecule has 25 heavy (non-hydrogen) atoms. The third kappa shape index (κ3) is 3.29. The standard InChI is InChI=1S/C19H18N4O2/c24-16-9-15(12-25-11-13-5-2-1-3-6-13)17-18(22-23-19(17)21-16)14-7-4-8-20-10-14/h1-8,10,15H,9,11-12H2,(H2,21,22,23,24). The molecule has 1 atom stereocenters. The first kappa shape index (κ1) is 15.5. The van der Waals surface area contributed by atoms with E-state index in [-0.39, 0.29) is 11.8 Å². The van der Waals surface area contributed by atoms with Crippen LogP contribution in [-0.4, -0.2) is 27.7 Å². The Kier molecular flexibility index (Phi) is 4.26. The minimum atomic E-state index is -0.0404. The smallest absolute Gasteiger partial charge is 0.226 e. The SMILES string of the molecule is O=C1CC(COCc2ccccc2)c2c(n[nH]c2-c2cccnc2)N1. The number of amides is 1. The summed E-state index contributed by atoms with van der Waals surface area (Å²) in [5.41, 5.74) is 3.93. The number of rotatable bonds is 5. The molecule has 3 heterocycles. The van der Waals surface area contributed by atoms with Crippen molar-refractivity contribution >= 4 is 11.7 Å². The summed E-state index contributed by atoms with van der Waals surface area (Å²) in [7, 11) is 0.